The van der Waals surface area contributed by atoms with Gasteiger partial charge in [0.15, 0.2) is 0 Å². The highest BCUT2D eigenvalue weighted by Gasteiger charge is 2.39. The van der Waals surface area contributed by atoms with Gasteiger partial charge in [-0.2, -0.15) is 0 Å². The average Bonchev–Trinajstić information content (AvgIpc) is 2.94. The van der Waals surface area contributed by atoms with Crippen LogP contribution in [-0.4, -0.2) is 46.2 Å². The SMILES string of the molecule is O[C@H]1CN(Cc2ccccc2)C[C@H](NCc2ccccc2)[C@H]1N(Cc1ccccc1)Cc1ccccc1. The van der Waals surface area contributed by atoms with E-state index in [1.54, 1.807) is 0 Å². The molecule has 0 radical (unpaired) electrons. The second-order valence-corrected chi connectivity index (χ2v) is 10.1. The Morgan fingerprint density at radius 3 is 1.59 bits per heavy atom. The van der Waals surface area contributed by atoms with Gasteiger partial charge in [-0.25, -0.2) is 0 Å². The van der Waals surface area contributed by atoms with Gasteiger partial charge in [0.25, 0.3) is 0 Å². The van der Waals surface area contributed by atoms with Crippen LogP contribution in [0, 0.1) is 0 Å². The lowest BCUT2D eigenvalue weighted by Gasteiger charge is -2.47. The van der Waals surface area contributed by atoms with Crippen LogP contribution < -0.4 is 5.32 Å². The summed E-state index contributed by atoms with van der Waals surface area (Å²) in [5.74, 6) is 0. The Kier molecular flexibility index (Phi) is 8.78. The van der Waals surface area contributed by atoms with E-state index in [9.17, 15) is 5.11 Å². The zero-order valence-corrected chi connectivity index (χ0v) is 21.4. The number of rotatable bonds is 10. The van der Waals surface area contributed by atoms with Crippen LogP contribution in [0.1, 0.15) is 22.3 Å². The van der Waals surface area contributed by atoms with E-state index < -0.39 is 6.10 Å². The van der Waals surface area contributed by atoms with Crippen molar-refractivity contribution in [3.8, 4) is 0 Å². The summed E-state index contributed by atoms with van der Waals surface area (Å²) >= 11 is 0. The molecule has 0 bridgehead atoms. The fourth-order valence-corrected chi connectivity index (χ4v) is 5.50. The Morgan fingerprint density at radius 1 is 0.622 bits per heavy atom. The second kappa shape index (κ2) is 12.8. The molecule has 0 aliphatic carbocycles. The van der Waals surface area contributed by atoms with Gasteiger partial charge in [-0.1, -0.05) is 121 Å². The van der Waals surface area contributed by atoms with Gasteiger partial charge in [0, 0.05) is 45.3 Å². The lowest BCUT2D eigenvalue weighted by molar-refractivity contribution is -0.0415. The van der Waals surface area contributed by atoms with Crippen LogP contribution in [0.5, 0.6) is 0 Å². The molecule has 4 aromatic rings. The molecule has 1 fully saturated rings. The monoisotopic (exact) mass is 491 g/mol. The quantitative estimate of drug-likeness (QED) is 0.324. The van der Waals surface area contributed by atoms with E-state index in [0.717, 1.165) is 32.7 Å². The maximum absolute atomic E-state index is 11.7. The Morgan fingerprint density at radius 2 is 1.08 bits per heavy atom. The van der Waals surface area contributed by atoms with E-state index in [1.165, 1.54) is 22.3 Å². The largest absolute Gasteiger partial charge is 0.390 e. The molecule has 1 aliphatic rings. The summed E-state index contributed by atoms with van der Waals surface area (Å²) in [6, 6.07) is 42.5. The van der Waals surface area contributed by atoms with E-state index in [-0.39, 0.29) is 12.1 Å². The highest BCUT2D eigenvalue weighted by atomic mass is 16.3. The molecule has 0 aromatic heterocycles. The molecule has 0 saturated carbocycles. The molecule has 1 heterocycles. The minimum atomic E-state index is -0.474. The van der Waals surface area contributed by atoms with Crippen molar-refractivity contribution < 1.29 is 5.11 Å². The first-order valence-corrected chi connectivity index (χ1v) is 13.3. The number of benzene rings is 4. The van der Waals surface area contributed by atoms with Gasteiger partial charge in [0.1, 0.15) is 0 Å². The fraction of sp³-hybridized carbons (Fsp3) is 0.273. The zero-order valence-electron chi connectivity index (χ0n) is 21.4. The molecule has 4 heteroatoms. The summed E-state index contributed by atoms with van der Waals surface area (Å²) in [5.41, 5.74) is 5.06. The van der Waals surface area contributed by atoms with Gasteiger partial charge >= 0.3 is 0 Å². The topological polar surface area (TPSA) is 38.7 Å². The van der Waals surface area contributed by atoms with Crippen LogP contribution in [0.4, 0.5) is 0 Å². The molecule has 0 unspecified atom stereocenters. The fourth-order valence-electron chi connectivity index (χ4n) is 5.50. The maximum atomic E-state index is 11.7. The highest BCUT2D eigenvalue weighted by Crippen LogP contribution is 2.24. The second-order valence-electron chi connectivity index (χ2n) is 10.1. The summed E-state index contributed by atoms with van der Waals surface area (Å²) in [7, 11) is 0. The third kappa shape index (κ3) is 7.15. The predicted octanol–water partition coefficient (Wildman–Crippen LogP) is 5.09. The van der Waals surface area contributed by atoms with Crippen LogP contribution in [0.3, 0.4) is 0 Å². The number of nitrogens with one attached hydrogen (secondary N) is 1. The number of aliphatic hydroxyl groups excluding tert-OH is 1. The molecule has 190 valence electrons. The molecular weight excluding hydrogens is 454 g/mol. The summed E-state index contributed by atoms with van der Waals surface area (Å²) in [6.07, 6.45) is -0.474. The number of piperidine rings is 1. The van der Waals surface area contributed by atoms with Crippen molar-refractivity contribution in [2.75, 3.05) is 13.1 Å². The van der Waals surface area contributed by atoms with Crippen molar-refractivity contribution in [3.05, 3.63) is 144 Å². The van der Waals surface area contributed by atoms with Gasteiger partial charge < -0.3 is 10.4 Å². The van der Waals surface area contributed by atoms with Crippen molar-refractivity contribution in [3.63, 3.8) is 0 Å². The number of aliphatic hydroxyl groups is 1. The highest BCUT2D eigenvalue weighted by molar-refractivity contribution is 5.20. The standard InChI is InChI=1S/C33H37N3O/c37-32-26-35(22-28-15-7-2-8-16-28)25-31(34-21-27-13-5-1-6-14-27)33(32)36(23-29-17-9-3-10-18-29)24-30-19-11-4-12-20-30/h1-20,31-34,37H,21-26H2/t31-,32-,33+/m0/s1. The summed E-state index contributed by atoms with van der Waals surface area (Å²) in [6.45, 7) is 4.73. The van der Waals surface area contributed by atoms with Gasteiger partial charge in [-0.15, -0.1) is 0 Å². The van der Waals surface area contributed by atoms with Crippen LogP contribution >= 0.6 is 0 Å². The third-order valence-corrected chi connectivity index (χ3v) is 7.25. The molecule has 0 spiro atoms. The maximum Gasteiger partial charge on any atom is 0.0838 e. The van der Waals surface area contributed by atoms with Crippen molar-refractivity contribution in [1.29, 1.82) is 0 Å². The number of hydrogen-bond donors (Lipinski definition) is 2. The third-order valence-electron chi connectivity index (χ3n) is 7.25. The zero-order chi connectivity index (χ0) is 25.3. The molecule has 1 saturated heterocycles. The first-order valence-electron chi connectivity index (χ1n) is 13.3. The molecule has 4 nitrogen and oxygen atoms in total. The molecule has 37 heavy (non-hydrogen) atoms. The van der Waals surface area contributed by atoms with Crippen molar-refractivity contribution in [1.82, 2.24) is 15.1 Å². The van der Waals surface area contributed by atoms with Crippen molar-refractivity contribution >= 4 is 0 Å². The predicted molar refractivity (Wildman–Crippen MR) is 151 cm³/mol. The lowest BCUT2D eigenvalue weighted by atomic mass is 9.92. The van der Waals surface area contributed by atoms with E-state index in [1.807, 2.05) is 0 Å². The Labute approximate surface area is 221 Å². The normalized spacial score (nSPS) is 20.2. The Bertz CT molecular complexity index is 1150. The van der Waals surface area contributed by atoms with E-state index in [0.29, 0.717) is 6.54 Å². The Balaban J connectivity index is 1.41. The van der Waals surface area contributed by atoms with Crippen molar-refractivity contribution in [2.24, 2.45) is 0 Å². The van der Waals surface area contributed by atoms with Crippen LogP contribution in [0.2, 0.25) is 0 Å². The number of β-amino-alcohol motifs (C(OH)–C–C–N with tert-alkyl or cyclic N) is 1. The van der Waals surface area contributed by atoms with Crippen molar-refractivity contribution in [2.45, 2.75) is 44.4 Å². The number of nitrogens with zero attached hydrogens (tertiary/aromatic N) is 2. The molecule has 1 aliphatic heterocycles. The summed E-state index contributed by atoms with van der Waals surface area (Å²) in [4.78, 5) is 4.86. The molecule has 0 amide bonds. The van der Waals surface area contributed by atoms with E-state index in [2.05, 4.69) is 136 Å². The van der Waals surface area contributed by atoms with Crippen LogP contribution in [0.15, 0.2) is 121 Å². The molecule has 2 N–H and O–H groups in total. The molecule has 5 rings (SSSR count). The molecule has 4 aromatic carbocycles. The Hall–Kier alpha value is -3.28. The summed E-state index contributed by atoms with van der Waals surface area (Å²) < 4.78 is 0. The number of likely N-dealkylation sites (tertiary alicyclic amines) is 1. The first kappa shape index (κ1) is 25.4. The lowest BCUT2D eigenvalue weighted by Crippen LogP contribution is -2.65. The van der Waals surface area contributed by atoms with Crippen LogP contribution in [-0.2, 0) is 26.2 Å². The average molecular weight is 492 g/mol. The molecule has 3 atom stereocenters. The minimum Gasteiger partial charge on any atom is -0.390 e. The van der Waals surface area contributed by atoms with Gasteiger partial charge in [0.05, 0.1) is 12.1 Å². The first-order chi connectivity index (χ1) is 18.2. The smallest absolute Gasteiger partial charge is 0.0838 e. The van der Waals surface area contributed by atoms with Gasteiger partial charge in [-0.3, -0.25) is 9.80 Å². The van der Waals surface area contributed by atoms with Crippen LogP contribution in [0.25, 0.3) is 0 Å². The minimum absolute atomic E-state index is 0.0175. The number of hydrogen-bond acceptors (Lipinski definition) is 4. The van der Waals surface area contributed by atoms with E-state index >= 15 is 0 Å². The summed E-state index contributed by atoms with van der Waals surface area (Å²) in [5, 5.41) is 15.5. The van der Waals surface area contributed by atoms with E-state index in [4.69, 9.17) is 0 Å². The van der Waals surface area contributed by atoms with Gasteiger partial charge in [0.2, 0.25) is 0 Å². The van der Waals surface area contributed by atoms with Gasteiger partial charge in [-0.05, 0) is 22.3 Å². The molecular formula is C33H37N3O.